The maximum absolute atomic E-state index is 13.0. The van der Waals surface area contributed by atoms with Crippen LogP contribution in [-0.4, -0.2) is 58.4 Å². The van der Waals surface area contributed by atoms with Crippen molar-refractivity contribution < 1.29 is 17.9 Å². The van der Waals surface area contributed by atoms with Gasteiger partial charge in [0.05, 0.1) is 18.7 Å². The van der Waals surface area contributed by atoms with E-state index in [-0.39, 0.29) is 24.0 Å². The summed E-state index contributed by atoms with van der Waals surface area (Å²) in [5.41, 5.74) is -0.131. The molecule has 0 aliphatic carbocycles. The molecule has 1 aromatic heterocycles. The molecule has 0 saturated carbocycles. The van der Waals surface area contributed by atoms with Crippen LogP contribution in [0.4, 0.5) is 13.2 Å². The van der Waals surface area contributed by atoms with Crippen LogP contribution in [0, 0.1) is 0 Å². The van der Waals surface area contributed by atoms with Gasteiger partial charge in [-0.15, -0.1) is 34.2 Å². The summed E-state index contributed by atoms with van der Waals surface area (Å²) in [6.07, 6.45) is 0.446. The van der Waals surface area contributed by atoms with Crippen molar-refractivity contribution in [3.05, 3.63) is 48.0 Å². The molecule has 0 radical (unpaired) electrons. The number of aromatic nitrogens is 3. The third-order valence-electron chi connectivity index (χ3n) is 4.84. The van der Waals surface area contributed by atoms with Crippen molar-refractivity contribution in [2.24, 2.45) is 4.99 Å². The lowest BCUT2D eigenvalue weighted by Crippen LogP contribution is -2.48. The first-order chi connectivity index (χ1) is 14.5. The maximum Gasteiger partial charge on any atom is 0.416 e. The second-order valence-corrected chi connectivity index (χ2v) is 7.07. The minimum absolute atomic E-state index is 0. The van der Waals surface area contributed by atoms with Crippen LogP contribution in [0.1, 0.15) is 37.0 Å². The number of nitrogens with zero attached hydrogens (tertiary/aromatic N) is 5. The topological polar surface area (TPSA) is 67.6 Å². The van der Waals surface area contributed by atoms with Crippen LogP contribution >= 0.6 is 24.0 Å². The van der Waals surface area contributed by atoms with Gasteiger partial charge < -0.3 is 19.5 Å². The lowest BCUT2D eigenvalue weighted by molar-refractivity contribution is -0.137. The van der Waals surface area contributed by atoms with E-state index in [9.17, 15) is 13.2 Å². The molecule has 7 nitrogen and oxygen atoms in total. The number of alkyl halides is 3. The Morgan fingerprint density at radius 1 is 1.26 bits per heavy atom. The largest absolute Gasteiger partial charge is 0.416 e. The Hall–Kier alpha value is -1.89. The number of rotatable bonds is 7. The summed E-state index contributed by atoms with van der Waals surface area (Å²) < 4.78 is 46.8. The van der Waals surface area contributed by atoms with Gasteiger partial charge in [-0.3, -0.25) is 4.99 Å². The summed E-state index contributed by atoms with van der Waals surface area (Å²) >= 11 is 0. The molecule has 1 N–H and O–H groups in total. The minimum Gasteiger partial charge on any atom is -0.370 e. The summed E-state index contributed by atoms with van der Waals surface area (Å²) in [4.78, 5) is 6.75. The van der Waals surface area contributed by atoms with Gasteiger partial charge in [-0.1, -0.05) is 12.1 Å². The van der Waals surface area contributed by atoms with Crippen molar-refractivity contribution in [2.45, 2.75) is 38.6 Å². The van der Waals surface area contributed by atoms with E-state index in [1.165, 1.54) is 12.1 Å². The van der Waals surface area contributed by atoms with Crippen molar-refractivity contribution in [1.82, 2.24) is 25.0 Å². The molecule has 1 saturated heterocycles. The molecule has 3 rings (SSSR count). The average Bonchev–Trinajstić information content (AvgIpc) is 3.26. The highest BCUT2D eigenvalue weighted by atomic mass is 127. The number of benzene rings is 1. The molecule has 2 aromatic rings. The van der Waals surface area contributed by atoms with E-state index >= 15 is 0 Å². The van der Waals surface area contributed by atoms with E-state index in [4.69, 9.17) is 9.73 Å². The van der Waals surface area contributed by atoms with Gasteiger partial charge in [0.25, 0.3) is 0 Å². The van der Waals surface area contributed by atoms with Gasteiger partial charge >= 0.3 is 6.18 Å². The van der Waals surface area contributed by atoms with Crippen LogP contribution < -0.4 is 5.32 Å². The van der Waals surface area contributed by atoms with Crippen molar-refractivity contribution in [3.63, 3.8) is 0 Å². The number of aryl methyl sites for hydroxylation is 1. The zero-order chi connectivity index (χ0) is 21.4. The molecule has 31 heavy (non-hydrogen) atoms. The highest BCUT2D eigenvalue weighted by Crippen LogP contribution is 2.32. The molecule has 1 unspecified atom stereocenters. The Kier molecular flexibility index (Phi) is 10.0. The van der Waals surface area contributed by atoms with E-state index in [0.717, 1.165) is 31.4 Å². The monoisotopic (exact) mass is 552 g/mol. The van der Waals surface area contributed by atoms with Crippen LogP contribution in [0.15, 0.2) is 41.9 Å². The highest BCUT2D eigenvalue weighted by Gasteiger charge is 2.32. The highest BCUT2D eigenvalue weighted by molar-refractivity contribution is 14.0. The summed E-state index contributed by atoms with van der Waals surface area (Å²) in [7, 11) is 0. The van der Waals surface area contributed by atoms with Crippen molar-refractivity contribution >= 4 is 29.9 Å². The molecule has 0 spiro atoms. The van der Waals surface area contributed by atoms with Gasteiger partial charge in [-0.25, -0.2) is 0 Å². The third-order valence-corrected chi connectivity index (χ3v) is 4.84. The van der Waals surface area contributed by atoms with E-state index in [1.807, 2.05) is 11.5 Å². The first-order valence-electron chi connectivity index (χ1n) is 10.1. The quantitative estimate of drug-likeness (QED) is 0.246. The van der Waals surface area contributed by atoms with Crippen LogP contribution in [0.25, 0.3) is 0 Å². The normalized spacial score (nSPS) is 17.4. The lowest BCUT2D eigenvalue weighted by atomic mass is 10.0. The predicted molar refractivity (Wildman–Crippen MR) is 122 cm³/mol. The van der Waals surface area contributed by atoms with Crippen LogP contribution in [0.3, 0.4) is 0 Å². The van der Waals surface area contributed by atoms with E-state index < -0.39 is 17.8 Å². The Bertz CT molecular complexity index is 815. The van der Waals surface area contributed by atoms with E-state index in [2.05, 4.69) is 20.4 Å². The molecule has 11 heteroatoms. The van der Waals surface area contributed by atoms with Gasteiger partial charge in [0.2, 0.25) is 0 Å². The molecule has 1 aromatic carbocycles. The number of aliphatic imine (C=N–C) groups is 1. The number of halogens is 4. The maximum atomic E-state index is 13.0. The summed E-state index contributed by atoms with van der Waals surface area (Å²) in [5.74, 6) is 0.766. The Balaban J connectivity index is 0.00000341. The molecule has 0 amide bonds. The predicted octanol–water partition coefficient (Wildman–Crippen LogP) is 3.73. The fourth-order valence-corrected chi connectivity index (χ4v) is 3.31. The number of unbranched alkanes of at least 4 members (excludes halogenated alkanes) is 1. The van der Waals surface area contributed by atoms with Gasteiger partial charge in [-0.05, 0) is 37.5 Å². The molecule has 1 aliphatic rings. The summed E-state index contributed by atoms with van der Waals surface area (Å²) in [6, 6.07) is 5.35. The zero-order valence-electron chi connectivity index (χ0n) is 17.4. The van der Waals surface area contributed by atoms with Crippen LogP contribution in [0.5, 0.6) is 0 Å². The van der Waals surface area contributed by atoms with Crippen LogP contribution in [0.2, 0.25) is 0 Å². The minimum atomic E-state index is -4.37. The second-order valence-electron chi connectivity index (χ2n) is 7.07. The molecule has 172 valence electrons. The Morgan fingerprint density at radius 2 is 2.03 bits per heavy atom. The van der Waals surface area contributed by atoms with Gasteiger partial charge in [0.1, 0.15) is 18.8 Å². The first-order valence-corrected chi connectivity index (χ1v) is 10.1. The first kappa shape index (κ1) is 25.4. The lowest BCUT2D eigenvalue weighted by Gasteiger charge is -2.35. The van der Waals surface area contributed by atoms with Gasteiger partial charge in [-0.2, -0.15) is 13.2 Å². The molecule has 2 heterocycles. The average molecular weight is 552 g/mol. The molecular formula is C20H28F3IN6O. The summed E-state index contributed by atoms with van der Waals surface area (Å²) in [5, 5.41) is 10.8. The number of morpholine rings is 1. The Labute approximate surface area is 197 Å². The molecule has 1 atom stereocenters. The number of hydrogen-bond acceptors (Lipinski definition) is 4. The standard InChI is InChI=1S/C20H27F3N6O.HI/c1-2-24-19(25-8-3-4-9-28-14-26-27-15-28)29-10-11-30-18(13-29)16-6-5-7-17(12-16)20(21,22)23;/h5-7,12,14-15,18H,2-4,8-11,13H2,1H3,(H,24,25);1H. The SMILES string of the molecule is CCNC(=NCCCCn1cnnc1)N1CCOC(c2cccc(C(F)(F)F)c2)C1.I. The second kappa shape index (κ2) is 12.2. The van der Waals surface area contributed by atoms with Crippen molar-refractivity contribution in [1.29, 1.82) is 0 Å². The molecule has 0 bridgehead atoms. The number of ether oxygens (including phenoxy) is 1. The molecule has 1 fully saturated rings. The number of nitrogens with one attached hydrogen (secondary N) is 1. The fraction of sp³-hybridized carbons (Fsp3) is 0.550. The molecule has 1 aliphatic heterocycles. The van der Waals surface area contributed by atoms with Crippen LogP contribution in [-0.2, 0) is 17.5 Å². The Morgan fingerprint density at radius 3 is 2.74 bits per heavy atom. The zero-order valence-corrected chi connectivity index (χ0v) is 19.7. The van der Waals surface area contributed by atoms with Crippen molar-refractivity contribution in [3.8, 4) is 0 Å². The van der Waals surface area contributed by atoms with Gasteiger partial charge in [0.15, 0.2) is 5.96 Å². The van der Waals surface area contributed by atoms with Gasteiger partial charge in [0, 0.05) is 26.2 Å². The fourth-order valence-electron chi connectivity index (χ4n) is 3.31. The third kappa shape index (κ3) is 7.63. The van der Waals surface area contributed by atoms with Crippen molar-refractivity contribution in [2.75, 3.05) is 32.8 Å². The van der Waals surface area contributed by atoms with E-state index in [1.54, 1.807) is 18.7 Å². The number of guanidine groups is 1. The number of hydrogen-bond donors (Lipinski definition) is 1. The molecular weight excluding hydrogens is 524 g/mol. The van der Waals surface area contributed by atoms with E-state index in [0.29, 0.717) is 38.3 Å². The summed E-state index contributed by atoms with van der Waals surface area (Å²) in [6.45, 7) is 5.73. The smallest absolute Gasteiger partial charge is 0.370 e.